The van der Waals surface area contributed by atoms with E-state index in [1.54, 1.807) is 31.4 Å². The van der Waals surface area contributed by atoms with E-state index in [-0.39, 0.29) is 43.0 Å². The molecule has 0 bridgehead atoms. The second-order valence-electron chi connectivity index (χ2n) is 6.23. The molecule has 1 unspecified atom stereocenters. The minimum Gasteiger partial charge on any atom is -0.497 e. The molecule has 0 aromatic heterocycles. The Kier molecular flexibility index (Phi) is 6.94. The Labute approximate surface area is 147 Å². The first kappa shape index (κ1) is 18.9. The molecule has 1 atom stereocenters. The third-order valence-electron chi connectivity index (χ3n) is 4.20. The summed E-state index contributed by atoms with van der Waals surface area (Å²) in [6.07, 6.45) is 2.38. The lowest BCUT2D eigenvalue weighted by Crippen LogP contribution is -2.39. The molecule has 7 nitrogen and oxygen atoms in total. The fourth-order valence-electron chi connectivity index (χ4n) is 2.38. The maximum Gasteiger partial charge on any atom is 0.220 e. The largest absolute Gasteiger partial charge is 0.497 e. The number of rotatable bonds is 10. The zero-order valence-corrected chi connectivity index (χ0v) is 14.4. The molecular formula is C18H25N3O4. The molecule has 2 rings (SSSR count). The predicted octanol–water partition coefficient (Wildman–Crippen LogP) is 0.628. The van der Waals surface area contributed by atoms with Crippen molar-refractivity contribution in [1.82, 2.24) is 10.6 Å². The maximum atomic E-state index is 12.0. The number of ether oxygens (including phenoxy) is 1. The Morgan fingerprint density at radius 3 is 2.28 bits per heavy atom. The molecular weight excluding hydrogens is 322 g/mol. The topological polar surface area (TPSA) is 111 Å². The third kappa shape index (κ3) is 6.54. The quantitative estimate of drug-likeness (QED) is 0.538. The standard InChI is InChI=1S/C18H25N3O4/c1-25-14-6-4-13(5-7-14)16(22)11-21-18(24)9-8-17(23)20-10-15(19)12-2-3-12/h4-7,12,15H,2-3,8-11,19H2,1H3,(H,20,23)(H,21,24). The molecule has 4 N–H and O–H groups in total. The second-order valence-corrected chi connectivity index (χ2v) is 6.23. The van der Waals surface area contributed by atoms with Crippen molar-refractivity contribution >= 4 is 17.6 Å². The minimum absolute atomic E-state index is 0.0000975. The van der Waals surface area contributed by atoms with Crippen molar-refractivity contribution in [1.29, 1.82) is 0 Å². The van der Waals surface area contributed by atoms with Crippen LogP contribution in [0.4, 0.5) is 0 Å². The van der Waals surface area contributed by atoms with E-state index >= 15 is 0 Å². The van der Waals surface area contributed by atoms with Crippen molar-refractivity contribution in [3.8, 4) is 5.75 Å². The molecule has 0 aliphatic heterocycles. The number of Topliss-reactive ketones (excluding diaryl/α,β-unsaturated/α-hetero) is 1. The summed E-state index contributed by atoms with van der Waals surface area (Å²) in [5.41, 5.74) is 6.39. The van der Waals surface area contributed by atoms with Gasteiger partial charge in [-0.1, -0.05) is 0 Å². The van der Waals surface area contributed by atoms with Gasteiger partial charge in [0, 0.05) is 31.0 Å². The highest BCUT2D eigenvalue weighted by Gasteiger charge is 2.28. The SMILES string of the molecule is COc1ccc(C(=O)CNC(=O)CCC(=O)NCC(N)C2CC2)cc1. The van der Waals surface area contributed by atoms with Gasteiger partial charge in [0.15, 0.2) is 5.78 Å². The average Bonchev–Trinajstić information content (AvgIpc) is 3.47. The molecule has 1 aliphatic rings. The number of methoxy groups -OCH3 is 1. The summed E-state index contributed by atoms with van der Waals surface area (Å²) in [6.45, 7) is 0.348. The van der Waals surface area contributed by atoms with E-state index in [4.69, 9.17) is 10.5 Å². The van der Waals surface area contributed by atoms with Crippen LogP contribution in [0, 0.1) is 5.92 Å². The lowest BCUT2D eigenvalue weighted by Gasteiger charge is -2.11. The highest BCUT2D eigenvalue weighted by atomic mass is 16.5. The fraction of sp³-hybridized carbons (Fsp3) is 0.500. The van der Waals surface area contributed by atoms with E-state index < -0.39 is 0 Å². The molecule has 1 aliphatic carbocycles. The van der Waals surface area contributed by atoms with Gasteiger partial charge >= 0.3 is 0 Å². The Morgan fingerprint density at radius 1 is 1.12 bits per heavy atom. The molecule has 0 heterocycles. The highest BCUT2D eigenvalue weighted by molar-refractivity contribution is 5.99. The zero-order valence-electron chi connectivity index (χ0n) is 14.4. The van der Waals surface area contributed by atoms with Crippen molar-refractivity contribution in [2.45, 2.75) is 31.7 Å². The number of benzene rings is 1. The lowest BCUT2D eigenvalue weighted by molar-refractivity contribution is -0.126. The van der Waals surface area contributed by atoms with Gasteiger partial charge in [-0.3, -0.25) is 14.4 Å². The first-order valence-electron chi connectivity index (χ1n) is 8.46. The Morgan fingerprint density at radius 2 is 1.72 bits per heavy atom. The number of amides is 2. The number of carbonyl (C=O) groups excluding carboxylic acids is 3. The first-order valence-corrected chi connectivity index (χ1v) is 8.46. The summed E-state index contributed by atoms with van der Waals surface area (Å²) in [4.78, 5) is 35.4. The second kappa shape index (κ2) is 9.17. The molecule has 0 spiro atoms. The van der Waals surface area contributed by atoms with Gasteiger partial charge in [0.2, 0.25) is 11.8 Å². The Hall–Kier alpha value is -2.41. The van der Waals surface area contributed by atoms with Gasteiger partial charge in [0.05, 0.1) is 13.7 Å². The van der Waals surface area contributed by atoms with Crippen LogP contribution in [-0.4, -0.2) is 43.8 Å². The van der Waals surface area contributed by atoms with Crippen LogP contribution in [0.3, 0.4) is 0 Å². The summed E-state index contributed by atoms with van der Waals surface area (Å²) in [7, 11) is 1.55. The Balaban J connectivity index is 1.62. The molecule has 1 saturated carbocycles. The summed E-state index contributed by atoms with van der Waals surface area (Å²) in [5, 5.41) is 5.27. The van der Waals surface area contributed by atoms with Crippen LogP contribution in [0.25, 0.3) is 0 Å². The summed E-state index contributed by atoms with van der Waals surface area (Å²) in [6, 6.07) is 6.66. The normalized spacial score (nSPS) is 14.5. The molecule has 1 aromatic carbocycles. The molecule has 7 heteroatoms. The van der Waals surface area contributed by atoms with Gasteiger partial charge in [-0.05, 0) is 43.0 Å². The number of ketones is 1. The first-order chi connectivity index (χ1) is 12.0. The molecule has 0 radical (unpaired) electrons. The zero-order chi connectivity index (χ0) is 18.2. The summed E-state index contributed by atoms with van der Waals surface area (Å²) < 4.78 is 5.03. The number of carbonyl (C=O) groups is 3. The molecule has 2 amide bonds. The summed E-state index contributed by atoms with van der Waals surface area (Å²) in [5.74, 6) is 0.452. The van der Waals surface area contributed by atoms with Gasteiger partial charge in [-0.2, -0.15) is 0 Å². The number of nitrogens with two attached hydrogens (primary N) is 1. The summed E-state index contributed by atoms with van der Waals surface area (Å²) >= 11 is 0. The van der Waals surface area contributed by atoms with Crippen molar-refractivity contribution in [3.05, 3.63) is 29.8 Å². The molecule has 25 heavy (non-hydrogen) atoms. The van der Waals surface area contributed by atoms with Gasteiger partial charge in [-0.25, -0.2) is 0 Å². The van der Waals surface area contributed by atoms with Crippen LogP contribution < -0.4 is 21.1 Å². The van der Waals surface area contributed by atoms with E-state index in [0.717, 1.165) is 12.8 Å². The van der Waals surface area contributed by atoms with Crippen LogP contribution in [-0.2, 0) is 9.59 Å². The van der Waals surface area contributed by atoms with Gasteiger partial charge < -0.3 is 21.1 Å². The van der Waals surface area contributed by atoms with Crippen LogP contribution >= 0.6 is 0 Å². The van der Waals surface area contributed by atoms with Crippen LogP contribution in [0.1, 0.15) is 36.0 Å². The van der Waals surface area contributed by atoms with Crippen LogP contribution in [0.2, 0.25) is 0 Å². The number of hydrogen-bond donors (Lipinski definition) is 3. The average molecular weight is 347 g/mol. The minimum atomic E-state index is -0.330. The van der Waals surface area contributed by atoms with Crippen LogP contribution in [0.15, 0.2) is 24.3 Å². The number of hydrogen-bond acceptors (Lipinski definition) is 5. The molecule has 136 valence electrons. The van der Waals surface area contributed by atoms with E-state index in [1.165, 1.54) is 0 Å². The Bertz CT molecular complexity index is 611. The lowest BCUT2D eigenvalue weighted by atomic mass is 10.1. The predicted molar refractivity (Wildman–Crippen MR) is 93.3 cm³/mol. The van der Waals surface area contributed by atoms with Gasteiger partial charge in [0.25, 0.3) is 0 Å². The van der Waals surface area contributed by atoms with E-state index in [9.17, 15) is 14.4 Å². The van der Waals surface area contributed by atoms with Crippen molar-refractivity contribution in [2.75, 3.05) is 20.2 Å². The van der Waals surface area contributed by atoms with Crippen molar-refractivity contribution < 1.29 is 19.1 Å². The van der Waals surface area contributed by atoms with Gasteiger partial charge in [-0.15, -0.1) is 0 Å². The molecule has 1 fully saturated rings. The van der Waals surface area contributed by atoms with Crippen LogP contribution in [0.5, 0.6) is 5.75 Å². The van der Waals surface area contributed by atoms with Crippen molar-refractivity contribution in [3.63, 3.8) is 0 Å². The highest BCUT2D eigenvalue weighted by Crippen LogP contribution is 2.31. The molecule has 1 aromatic rings. The van der Waals surface area contributed by atoms with E-state index in [1.807, 2.05) is 0 Å². The third-order valence-corrected chi connectivity index (χ3v) is 4.20. The maximum absolute atomic E-state index is 12.0. The smallest absolute Gasteiger partial charge is 0.220 e. The van der Waals surface area contributed by atoms with E-state index in [0.29, 0.717) is 23.8 Å². The monoisotopic (exact) mass is 347 g/mol. The number of nitrogens with one attached hydrogen (secondary N) is 2. The van der Waals surface area contributed by atoms with Crippen molar-refractivity contribution in [2.24, 2.45) is 11.7 Å². The fourth-order valence-corrected chi connectivity index (χ4v) is 2.38. The molecule has 0 saturated heterocycles. The van der Waals surface area contributed by atoms with E-state index in [2.05, 4.69) is 10.6 Å². The van der Waals surface area contributed by atoms with Gasteiger partial charge in [0.1, 0.15) is 5.75 Å².